The van der Waals surface area contributed by atoms with Gasteiger partial charge in [-0.1, -0.05) is 40.9 Å². The smallest absolute Gasteiger partial charge is 0.220 e. The van der Waals surface area contributed by atoms with Gasteiger partial charge in [0.2, 0.25) is 5.91 Å². The minimum Gasteiger partial charge on any atom is -0.354 e. The molecule has 0 aromatic heterocycles. The summed E-state index contributed by atoms with van der Waals surface area (Å²) in [5.74, 6) is 0.172. The molecule has 1 aromatic rings. The number of hydrogen-bond acceptors (Lipinski definition) is 2. The highest BCUT2D eigenvalue weighted by atomic mass is 79.9. The molecule has 5 heteroatoms. The van der Waals surface area contributed by atoms with Crippen LogP contribution in [0.3, 0.4) is 0 Å². The molecule has 0 fully saturated rings. The minimum atomic E-state index is 0. The van der Waals surface area contributed by atoms with E-state index in [2.05, 4.69) is 52.4 Å². The number of nitrogens with one attached hydrogen (secondary N) is 1. The molecule has 3 N–H and O–H groups in total. The molecule has 1 atom stereocenters. The molecule has 0 saturated heterocycles. The Morgan fingerprint density at radius 1 is 1.18 bits per heavy atom. The standard InChI is InChI=1S/C17H27BrN2O.ClH/c1-14(7-8-15-9-11-16(18)12-10-15)20-17(21)6-4-2-3-5-13-19;/h9-12,14H,2-8,13,19H2,1H3,(H,20,21);1H. The van der Waals surface area contributed by atoms with Crippen LogP contribution in [0.2, 0.25) is 0 Å². The molecule has 0 aliphatic rings. The molecule has 22 heavy (non-hydrogen) atoms. The van der Waals surface area contributed by atoms with Crippen molar-refractivity contribution >= 4 is 34.2 Å². The summed E-state index contributed by atoms with van der Waals surface area (Å²) in [5.41, 5.74) is 6.75. The lowest BCUT2D eigenvalue weighted by molar-refractivity contribution is -0.121. The number of rotatable bonds is 10. The van der Waals surface area contributed by atoms with Crippen LogP contribution in [-0.4, -0.2) is 18.5 Å². The Morgan fingerprint density at radius 2 is 1.82 bits per heavy atom. The van der Waals surface area contributed by atoms with Gasteiger partial charge < -0.3 is 11.1 Å². The highest BCUT2D eigenvalue weighted by molar-refractivity contribution is 9.10. The number of aryl methyl sites for hydroxylation is 1. The molecule has 0 bridgehead atoms. The lowest BCUT2D eigenvalue weighted by Crippen LogP contribution is -2.32. The van der Waals surface area contributed by atoms with Crippen LogP contribution in [0.1, 0.15) is 51.0 Å². The zero-order chi connectivity index (χ0) is 15.5. The normalized spacial score (nSPS) is 11.6. The van der Waals surface area contributed by atoms with Crippen LogP contribution in [0.15, 0.2) is 28.7 Å². The predicted octanol–water partition coefficient (Wildman–Crippen LogP) is 4.22. The van der Waals surface area contributed by atoms with E-state index in [1.54, 1.807) is 0 Å². The van der Waals surface area contributed by atoms with Crippen LogP contribution in [0, 0.1) is 0 Å². The Labute approximate surface area is 149 Å². The van der Waals surface area contributed by atoms with Crippen molar-refractivity contribution in [1.82, 2.24) is 5.32 Å². The summed E-state index contributed by atoms with van der Waals surface area (Å²) in [6.07, 6.45) is 6.84. The third-order valence-electron chi connectivity index (χ3n) is 3.54. The van der Waals surface area contributed by atoms with Crippen LogP contribution in [-0.2, 0) is 11.2 Å². The summed E-state index contributed by atoms with van der Waals surface area (Å²) in [7, 11) is 0. The van der Waals surface area contributed by atoms with Gasteiger partial charge >= 0.3 is 0 Å². The second-order valence-corrected chi connectivity index (χ2v) is 6.50. The molecular weight excluding hydrogens is 364 g/mol. The van der Waals surface area contributed by atoms with Gasteiger partial charge in [-0.3, -0.25) is 4.79 Å². The van der Waals surface area contributed by atoms with Crippen molar-refractivity contribution in [3.8, 4) is 0 Å². The summed E-state index contributed by atoms with van der Waals surface area (Å²) in [6, 6.07) is 8.58. The molecule has 1 aromatic carbocycles. The molecule has 0 spiro atoms. The van der Waals surface area contributed by atoms with Gasteiger partial charge in [0.25, 0.3) is 0 Å². The molecule has 0 aliphatic heterocycles. The summed E-state index contributed by atoms with van der Waals surface area (Å²) >= 11 is 3.43. The first-order valence-corrected chi connectivity index (χ1v) is 8.65. The molecule has 1 unspecified atom stereocenters. The maximum atomic E-state index is 11.8. The van der Waals surface area contributed by atoms with Crippen molar-refractivity contribution in [3.05, 3.63) is 34.3 Å². The van der Waals surface area contributed by atoms with Gasteiger partial charge in [-0.2, -0.15) is 0 Å². The van der Waals surface area contributed by atoms with Crippen LogP contribution >= 0.6 is 28.3 Å². The van der Waals surface area contributed by atoms with E-state index in [0.29, 0.717) is 6.42 Å². The summed E-state index contributed by atoms with van der Waals surface area (Å²) in [4.78, 5) is 11.8. The topological polar surface area (TPSA) is 55.1 Å². The van der Waals surface area contributed by atoms with E-state index in [9.17, 15) is 4.79 Å². The quantitative estimate of drug-likeness (QED) is 0.587. The number of amides is 1. The summed E-state index contributed by atoms with van der Waals surface area (Å²) < 4.78 is 1.10. The first-order valence-electron chi connectivity index (χ1n) is 7.85. The molecule has 126 valence electrons. The average molecular weight is 392 g/mol. The van der Waals surface area contributed by atoms with Gasteiger partial charge in [0.15, 0.2) is 0 Å². The monoisotopic (exact) mass is 390 g/mol. The molecule has 3 nitrogen and oxygen atoms in total. The average Bonchev–Trinajstić information content (AvgIpc) is 2.46. The highest BCUT2D eigenvalue weighted by Crippen LogP contribution is 2.12. The second-order valence-electron chi connectivity index (χ2n) is 5.59. The Morgan fingerprint density at radius 3 is 2.45 bits per heavy atom. The van der Waals surface area contributed by atoms with E-state index in [0.717, 1.165) is 49.5 Å². The van der Waals surface area contributed by atoms with Crippen molar-refractivity contribution < 1.29 is 4.79 Å². The number of hydrogen-bond donors (Lipinski definition) is 2. The first-order chi connectivity index (χ1) is 10.1. The zero-order valence-electron chi connectivity index (χ0n) is 13.3. The van der Waals surface area contributed by atoms with Gasteiger partial charge in [0.1, 0.15) is 0 Å². The van der Waals surface area contributed by atoms with Crippen LogP contribution in [0.4, 0.5) is 0 Å². The van der Waals surface area contributed by atoms with Crippen LogP contribution in [0.25, 0.3) is 0 Å². The number of unbranched alkanes of at least 4 members (excludes halogenated alkanes) is 3. The molecule has 1 rings (SSSR count). The van der Waals surface area contributed by atoms with Crippen molar-refractivity contribution in [2.45, 2.75) is 57.9 Å². The van der Waals surface area contributed by atoms with Crippen LogP contribution in [0.5, 0.6) is 0 Å². The van der Waals surface area contributed by atoms with Gasteiger partial charge in [-0.25, -0.2) is 0 Å². The predicted molar refractivity (Wildman–Crippen MR) is 99.5 cm³/mol. The zero-order valence-corrected chi connectivity index (χ0v) is 15.7. The number of benzene rings is 1. The summed E-state index contributed by atoms with van der Waals surface area (Å²) in [5, 5.41) is 3.08. The van der Waals surface area contributed by atoms with Crippen molar-refractivity contribution in [2.75, 3.05) is 6.54 Å². The van der Waals surface area contributed by atoms with Crippen LogP contribution < -0.4 is 11.1 Å². The molecular formula is C17H28BrClN2O. The Hall–Kier alpha value is -0.580. The largest absolute Gasteiger partial charge is 0.354 e. The SMILES string of the molecule is CC(CCc1ccc(Br)cc1)NC(=O)CCCCCCN.Cl. The summed E-state index contributed by atoms with van der Waals surface area (Å²) in [6.45, 7) is 2.82. The minimum absolute atomic E-state index is 0. The number of carbonyl (C=O) groups excluding carboxylic acids is 1. The van der Waals surface area contributed by atoms with Crippen molar-refractivity contribution in [1.29, 1.82) is 0 Å². The molecule has 1 amide bonds. The molecule has 0 saturated carbocycles. The molecule has 0 heterocycles. The first kappa shape index (κ1) is 21.4. The fourth-order valence-electron chi connectivity index (χ4n) is 2.24. The maximum Gasteiger partial charge on any atom is 0.220 e. The highest BCUT2D eigenvalue weighted by Gasteiger charge is 2.07. The Kier molecular flexibility index (Phi) is 12.6. The number of halogens is 2. The lowest BCUT2D eigenvalue weighted by Gasteiger charge is -2.14. The van der Waals surface area contributed by atoms with Gasteiger partial charge in [0, 0.05) is 16.9 Å². The van der Waals surface area contributed by atoms with E-state index in [1.807, 2.05) is 0 Å². The number of carbonyl (C=O) groups is 1. The maximum absolute atomic E-state index is 11.8. The fourth-order valence-corrected chi connectivity index (χ4v) is 2.50. The van der Waals surface area contributed by atoms with E-state index in [1.165, 1.54) is 5.56 Å². The third-order valence-corrected chi connectivity index (χ3v) is 4.07. The van der Waals surface area contributed by atoms with E-state index in [4.69, 9.17) is 5.73 Å². The van der Waals surface area contributed by atoms with Crippen molar-refractivity contribution in [3.63, 3.8) is 0 Å². The third kappa shape index (κ3) is 10.2. The fraction of sp³-hybridized carbons (Fsp3) is 0.588. The van der Waals surface area contributed by atoms with E-state index >= 15 is 0 Å². The van der Waals surface area contributed by atoms with Crippen molar-refractivity contribution in [2.24, 2.45) is 5.73 Å². The molecule has 0 radical (unpaired) electrons. The van der Waals surface area contributed by atoms with Gasteiger partial charge in [-0.15, -0.1) is 12.4 Å². The number of nitrogens with two attached hydrogens (primary N) is 1. The van der Waals surface area contributed by atoms with Gasteiger partial charge in [-0.05, 0) is 56.8 Å². The van der Waals surface area contributed by atoms with E-state index in [-0.39, 0.29) is 24.4 Å². The Bertz CT molecular complexity index is 412. The second kappa shape index (κ2) is 12.9. The molecule has 0 aliphatic carbocycles. The van der Waals surface area contributed by atoms with Gasteiger partial charge in [0.05, 0.1) is 0 Å². The van der Waals surface area contributed by atoms with E-state index < -0.39 is 0 Å². The lowest BCUT2D eigenvalue weighted by atomic mass is 10.1. The Balaban J connectivity index is 0.00000441.